The molecule has 2 nitrogen and oxygen atoms in total. The minimum absolute atomic E-state index is 0.000343. The average Bonchev–Trinajstić information content (AvgIpc) is 2.35. The molecule has 0 amide bonds. The summed E-state index contributed by atoms with van der Waals surface area (Å²) in [7, 11) is 0. The molecule has 2 atom stereocenters. The molecule has 1 N–H and O–H groups in total. The van der Waals surface area contributed by atoms with Gasteiger partial charge in [-0.05, 0) is 24.5 Å². The van der Waals surface area contributed by atoms with Crippen molar-refractivity contribution in [3.05, 3.63) is 35.4 Å². The van der Waals surface area contributed by atoms with E-state index in [-0.39, 0.29) is 18.1 Å². The maximum atomic E-state index is 13.6. The second-order valence-electron chi connectivity index (χ2n) is 4.97. The molecule has 1 aliphatic rings. The molecule has 100 valence electrons. The number of halogens is 2. The van der Waals surface area contributed by atoms with Crippen LogP contribution in [0.25, 0.3) is 0 Å². The molecular formula is C14H18F2O2. The zero-order valence-corrected chi connectivity index (χ0v) is 10.5. The molecule has 0 saturated carbocycles. The Hall–Kier alpha value is -1.00. The molecule has 1 heterocycles. The van der Waals surface area contributed by atoms with Crippen molar-refractivity contribution in [1.82, 2.24) is 0 Å². The fourth-order valence-corrected chi connectivity index (χ4v) is 2.46. The number of ether oxygens (including phenoxy) is 1. The molecule has 0 radical (unpaired) electrons. The van der Waals surface area contributed by atoms with Crippen LogP contribution in [0.4, 0.5) is 8.78 Å². The van der Waals surface area contributed by atoms with Crippen LogP contribution in [-0.4, -0.2) is 23.4 Å². The fourth-order valence-electron chi connectivity index (χ4n) is 2.46. The zero-order chi connectivity index (χ0) is 13.2. The molecule has 0 spiro atoms. The molecule has 1 saturated heterocycles. The fraction of sp³-hybridized carbons (Fsp3) is 0.571. The first-order chi connectivity index (χ1) is 8.54. The van der Waals surface area contributed by atoms with E-state index in [1.54, 1.807) is 0 Å². The standard InChI is InChI=1S/C14H18F2O2/c1-2-11-9-14(17,6-7-18-11)8-10-4-3-5-12(15)13(10)16/h3-5,11,17H,2,6-9H2,1H3. The Kier molecular flexibility index (Phi) is 3.97. The molecule has 1 aliphatic heterocycles. The normalized spacial score (nSPS) is 28.3. The van der Waals surface area contributed by atoms with E-state index >= 15 is 0 Å². The van der Waals surface area contributed by atoms with E-state index in [9.17, 15) is 13.9 Å². The van der Waals surface area contributed by atoms with Crippen LogP contribution in [0.5, 0.6) is 0 Å². The van der Waals surface area contributed by atoms with Gasteiger partial charge in [-0.15, -0.1) is 0 Å². The van der Waals surface area contributed by atoms with E-state index in [4.69, 9.17) is 4.74 Å². The molecule has 0 bridgehead atoms. The van der Waals surface area contributed by atoms with Crippen molar-refractivity contribution >= 4 is 0 Å². The first kappa shape index (κ1) is 13.4. The van der Waals surface area contributed by atoms with Gasteiger partial charge in [0.05, 0.1) is 11.7 Å². The lowest BCUT2D eigenvalue weighted by Gasteiger charge is -2.36. The zero-order valence-electron chi connectivity index (χ0n) is 10.5. The Morgan fingerprint density at radius 1 is 1.44 bits per heavy atom. The van der Waals surface area contributed by atoms with E-state index in [1.807, 2.05) is 6.92 Å². The quantitative estimate of drug-likeness (QED) is 0.901. The second-order valence-corrected chi connectivity index (χ2v) is 4.97. The number of benzene rings is 1. The van der Waals surface area contributed by atoms with Crippen molar-refractivity contribution < 1.29 is 18.6 Å². The molecule has 2 unspecified atom stereocenters. The van der Waals surface area contributed by atoms with Crippen molar-refractivity contribution in [3.8, 4) is 0 Å². The lowest BCUT2D eigenvalue weighted by atomic mass is 9.84. The van der Waals surface area contributed by atoms with Crippen molar-refractivity contribution in [2.24, 2.45) is 0 Å². The van der Waals surface area contributed by atoms with E-state index in [0.29, 0.717) is 19.4 Å². The average molecular weight is 256 g/mol. The summed E-state index contributed by atoms with van der Waals surface area (Å²) in [6.45, 7) is 2.45. The van der Waals surface area contributed by atoms with Crippen LogP contribution >= 0.6 is 0 Å². The van der Waals surface area contributed by atoms with Gasteiger partial charge in [-0.2, -0.15) is 0 Å². The topological polar surface area (TPSA) is 29.5 Å². The maximum Gasteiger partial charge on any atom is 0.162 e. The third-order valence-corrected chi connectivity index (χ3v) is 3.54. The van der Waals surface area contributed by atoms with Crippen LogP contribution in [0.3, 0.4) is 0 Å². The summed E-state index contributed by atoms with van der Waals surface area (Å²) in [6, 6.07) is 4.07. The lowest BCUT2D eigenvalue weighted by Crippen LogP contribution is -2.42. The molecule has 1 aromatic carbocycles. The smallest absolute Gasteiger partial charge is 0.162 e. The molecular weight excluding hydrogens is 238 g/mol. The minimum atomic E-state index is -0.992. The summed E-state index contributed by atoms with van der Waals surface area (Å²) in [5, 5.41) is 10.5. The highest BCUT2D eigenvalue weighted by molar-refractivity contribution is 5.21. The van der Waals surface area contributed by atoms with Crippen molar-refractivity contribution in [3.63, 3.8) is 0 Å². The number of rotatable bonds is 3. The van der Waals surface area contributed by atoms with E-state index < -0.39 is 17.2 Å². The third-order valence-electron chi connectivity index (χ3n) is 3.54. The molecule has 4 heteroatoms. The van der Waals surface area contributed by atoms with Gasteiger partial charge < -0.3 is 9.84 Å². The first-order valence-electron chi connectivity index (χ1n) is 6.31. The van der Waals surface area contributed by atoms with Crippen LogP contribution in [0.15, 0.2) is 18.2 Å². The Labute approximate surface area is 106 Å². The summed E-state index contributed by atoms with van der Waals surface area (Å²) in [5.41, 5.74) is -0.762. The van der Waals surface area contributed by atoms with E-state index in [0.717, 1.165) is 12.5 Å². The SMILES string of the molecule is CCC1CC(O)(Cc2cccc(F)c2F)CCO1. The highest BCUT2D eigenvalue weighted by Gasteiger charge is 2.35. The number of hydrogen-bond donors (Lipinski definition) is 1. The van der Waals surface area contributed by atoms with Gasteiger partial charge in [-0.3, -0.25) is 0 Å². The Bertz CT molecular complexity index is 422. The van der Waals surface area contributed by atoms with E-state index in [1.165, 1.54) is 12.1 Å². The molecule has 0 aromatic heterocycles. The van der Waals surface area contributed by atoms with Gasteiger partial charge in [-0.1, -0.05) is 19.1 Å². The van der Waals surface area contributed by atoms with Gasteiger partial charge >= 0.3 is 0 Å². The van der Waals surface area contributed by atoms with Crippen LogP contribution < -0.4 is 0 Å². The molecule has 0 aliphatic carbocycles. The van der Waals surface area contributed by atoms with E-state index in [2.05, 4.69) is 0 Å². The first-order valence-corrected chi connectivity index (χ1v) is 6.31. The maximum absolute atomic E-state index is 13.6. The van der Waals surface area contributed by atoms with Gasteiger partial charge in [0.1, 0.15) is 0 Å². The van der Waals surface area contributed by atoms with Gasteiger partial charge in [0.2, 0.25) is 0 Å². The molecule has 18 heavy (non-hydrogen) atoms. The highest BCUT2D eigenvalue weighted by Crippen LogP contribution is 2.30. The number of hydrogen-bond acceptors (Lipinski definition) is 2. The summed E-state index contributed by atoms with van der Waals surface area (Å²) >= 11 is 0. The molecule has 1 fully saturated rings. The predicted octanol–water partition coefficient (Wildman–Crippen LogP) is 2.83. The molecule has 2 rings (SSSR count). The summed E-state index contributed by atoms with van der Waals surface area (Å²) in [6.07, 6.45) is 1.88. The van der Waals surface area contributed by atoms with Gasteiger partial charge in [0, 0.05) is 19.4 Å². The van der Waals surface area contributed by atoms with Crippen LogP contribution in [0.2, 0.25) is 0 Å². The number of aliphatic hydroxyl groups is 1. The monoisotopic (exact) mass is 256 g/mol. The Morgan fingerprint density at radius 3 is 2.94 bits per heavy atom. The van der Waals surface area contributed by atoms with Crippen LogP contribution in [-0.2, 0) is 11.2 Å². The minimum Gasteiger partial charge on any atom is -0.389 e. The summed E-state index contributed by atoms with van der Waals surface area (Å²) < 4.78 is 32.2. The predicted molar refractivity (Wildman–Crippen MR) is 64.3 cm³/mol. The van der Waals surface area contributed by atoms with Crippen molar-refractivity contribution in [2.45, 2.75) is 44.3 Å². The van der Waals surface area contributed by atoms with Crippen LogP contribution in [0.1, 0.15) is 31.7 Å². The molecule has 1 aromatic rings. The van der Waals surface area contributed by atoms with Gasteiger partial charge in [0.15, 0.2) is 11.6 Å². The van der Waals surface area contributed by atoms with Crippen LogP contribution in [0, 0.1) is 11.6 Å². The van der Waals surface area contributed by atoms with Crippen molar-refractivity contribution in [1.29, 1.82) is 0 Å². The van der Waals surface area contributed by atoms with Crippen molar-refractivity contribution in [2.75, 3.05) is 6.61 Å². The largest absolute Gasteiger partial charge is 0.389 e. The summed E-state index contributed by atoms with van der Waals surface area (Å²) in [5.74, 6) is -1.72. The second kappa shape index (κ2) is 5.33. The van der Waals surface area contributed by atoms with Gasteiger partial charge in [-0.25, -0.2) is 8.78 Å². The Morgan fingerprint density at radius 2 is 2.22 bits per heavy atom. The third kappa shape index (κ3) is 2.87. The summed E-state index contributed by atoms with van der Waals surface area (Å²) in [4.78, 5) is 0. The Balaban J connectivity index is 2.14. The van der Waals surface area contributed by atoms with Gasteiger partial charge in [0.25, 0.3) is 0 Å². The lowest BCUT2D eigenvalue weighted by molar-refractivity contribution is -0.103. The highest BCUT2D eigenvalue weighted by atomic mass is 19.2.